The van der Waals surface area contributed by atoms with Gasteiger partial charge in [-0.25, -0.2) is 4.57 Å². The molecule has 0 spiro atoms. The number of ketones is 1. The maximum Gasteiger partial charge on any atom is 0.173 e. The van der Waals surface area contributed by atoms with E-state index in [1.807, 2.05) is 18.2 Å². The van der Waals surface area contributed by atoms with E-state index in [-0.39, 0.29) is 24.1 Å². The Balaban J connectivity index is 0.00000240. The minimum Gasteiger partial charge on any atom is -1.00 e. The fourth-order valence-corrected chi connectivity index (χ4v) is 3.87. The third-order valence-corrected chi connectivity index (χ3v) is 5.36. The van der Waals surface area contributed by atoms with Crippen LogP contribution in [0.5, 0.6) is 11.5 Å². The molecule has 4 nitrogen and oxygen atoms in total. The molecule has 0 bridgehead atoms. The van der Waals surface area contributed by atoms with E-state index in [1.165, 1.54) is 11.1 Å². The third-order valence-electron chi connectivity index (χ3n) is 5.36. The third kappa shape index (κ3) is 4.43. The Hall–Kier alpha value is -2.85. The van der Waals surface area contributed by atoms with Crippen molar-refractivity contribution in [3.8, 4) is 11.5 Å². The molecule has 1 heterocycles. The Kier molecular flexibility index (Phi) is 6.55. The van der Waals surface area contributed by atoms with Gasteiger partial charge < -0.3 is 21.9 Å². The predicted octanol–water partition coefficient (Wildman–Crippen LogP) is 0.641. The lowest BCUT2D eigenvalue weighted by Crippen LogP contribution is -3.00. The topological polar surface area (TPSA) is 39.4 Å². The molecule has 0 aliphatic heterocycles. The van der Waals surface area contributed by atoms with Gasteiger partial charge in [-0.2, -0.15) is 0 Å². The van der Waals surface area contributed by atoms with Gasteiger partial charge in [-0.05, 0) is 36.1 Å². The number of methoxy groups -OCH3 is 2. The molecule has 0 saturated carbocycles. The van der Waals surface area contributed by atoms with Gasteiger partial charge in [-0.3, -0.25) is 4.79 Å². The molecule has 1 aromatic heterocycles. The molecular weight excluding hydrogens is 386 g/mol. The van der Waals surface area contributed by atoms with Gasteiger partial charge in [0.25, 0.3) is 0 Å². The lowest BCUT2D eigenvalue weighted by atomic mass is 9.96. The van der Waals surface area contributed by atoms with Crippen LogP contribution in [0.2, 0.25) is 0 Å². The number of hydrogen-bond donors (Lipinski definition) is 0. The molecule has 150 valence electrons. The Morgan fingerprint density at radius 1 is 0.931 bits per heavy atom. The molecule has 0 fully saturated rings. The van der Waals surface area contributed by atoms with Crippen LogP contribution < -0.4 is 26.4 Å². The quantitative estimate of drug-likeness (QED) is 0.561. The van der Waals surface area contributed by atoms with Gasteiger partial charge in [0, 0.05) is 29.2 Å². The number of Topliss-reactive ketones (excluding diaryl/α,β-unsaturated/α-hetero) is 1. The highest BCUT2D eigenvalue weighted by Crippen LogP contribution is 2.37. The summed E-state index contributed by atoms with van der Waals surface area (Å²) in [5.74, 6) is 1.45. The van der Waals surface area contributed by atoms with Crippen LogP contribution in [-0.2, 0) is 19.4 Å². The van der Waals surface area contributed by atoms with Crippen LogP contribution in [0.1, 0.15) is 27.0 Å². The number of rotatable bonds is 6. The second-order valence-electron chi connectivity index (χ2n) is 7.20. The maximum absolute atomic E-state index is 12.9. The van der Waals surface area contributed by atoms with Crippen LogP contribution in [0.3, 0.4) is 0 Å². The normalized spacial score (nSPS) is 14.8. The summed E-state index contributed by atoms with van der Waals surface area (Å²) in [5, 5.41) is 0. The zero-order valence-corrected chi connectivity index (χ0v) is 17.4. The van der Waals surface area contributed by atoms with E-state index in [9.17, 15) is 4.79 Å². The number of ether oxygens (including phenoxy) is 2. The maximum atomic E-state index is 12.9. The van der Waals surface area contributed by atoms with E-state index in [2.05, 4.69) is 53.4 Å². The fraction of sp³-hybridized carbons (Fsp3) is 0.250. The summed E-state index contributed by atoms with van der Waals surface area (Å²) in [6.45, 7) is 0.842. The fourth-order valence-electron chi connectivity index (χ4n) is 3.87. The Labute approximate surface area is 177 Å². The van der Waals surface area contributed by atoms with Gasteiger partial charge in [0.1, 0.15) is 0 Å². The molecular formula is C24H24ClNO3. The highest BCUT2D eigenvalue weighted by atomic mass is 35.5. The van der Waals surface area contributed by atoms with E-state index in [0.717, 1.165) is 30.5 Å². The SMILES string of the molecule is COc1cc2c(cc1OC)C(=O)C(Cc1cc[n+](Cc3ccccc3)cc1)C2.[Cl-]. The smallest absolute Gasteiger partial charge is 0.173 e. The lowest BCUT2D eigenvalue weighted by Gasteiger charge is -2.09. The summed E-state index contributed by atoms with van der Waals surface area (Å²) in [5.41, 5.74) is 4.25. The van der Waals surface area contributed by atoms with Crippen LogP contribution >= 0.6 is 0 Å². The number of benzene rings is 2. The lowest BCUT2D eigenvalue weighted by molar-refractivity contribution is -0.688. The van der Waals surface area contributed by atoms with Crippen molar-refractivity contribution in [3.63, 3.8) is 0 Å². The summed E-state index contributed by atoms with van der Waals surface area (Å²) in [6.07, 6.45) is 5.65. The number of pyridine rings is 1. The van der Waals surface area contributed by atoms with E-state index in [1.54, 1.807) is 14.2 Å². The van der Waals surface area contributed by atoms with Gasteiger partial charge >= 0.3 is 0 Å². The molecule has 0 N–H and O–H groups in total. The van der Waals surface area contributed by atoms with Crippen molar-refractivity contribution in [2.75, 3.05) is 14.2 Å². The molecule has 5 heteroatoms. The second-order valence-corrected chi connectivity index (χ2v) is 7.20. The number of hydrogen-bond acceptors (Lipinski definition) is 3. The Morgan fingerprint density at radius 3 is 2.24 bits per heavy atom. The summed E-state index contributed by atoms with van der Waals surface area (Å²) in [7, 11) is 3.21. The van der Waals surface area contributed by atoms with E-state index in [0.29, 0.717) is 11.5 Å². The van der Waals surface area contributed by atoms with E-state index in [4.69, 9.17) is 9.47 Å². The van der Waals surface area contributed by atoms with Crippen molar-refractivity contribution in [2.45, 2.75) is 19.4 Å². The minimum atomic E-state index is -0.0308. The Bertz CT molecular complexity index is 987. The van der Waals surface area contributed by atoms with Crippen LogP contribution in [-0.4, -0.2) is 20.0 Å². The van der Waals surface area contributed by atoms with Crippen LogP contribution in [0.15, 0.2) is 67.0 Å². The zero-order chi connectivity index (χ0) is 19.5. The van der Waals surface area contributed by atoms with Gasteiger partial charge in [0.15, 0.2) is 36.2 Å². The second kappa shape index (κ2) is 9.10. The van der Waals surface area contributed by atoms with Gasteiger partial charge in [-0.1, -0.05) is 30.3 Å². The highest BCUT2D eigenvalue weighted by Gasteiger charge is 2.32. The largest absolute Gasteiger partial charge is 1.00 e. The van der Waals surface area contributed by atoms with Crippen molar-refractivity contribution in [3.05, 3.63) is 89.2 Å². The summed E-state index contributed by atoms with van der Waals surface area (Å²) >= 11 is 0. The highest BCUT2D eigenvalue weighted by molar-refractivity contribution is 6.03. The number of carbonyl (C=O) groups excluding carboxylic acids is 1. The summed E-state index contributed by atoms with van der Waals surface area (Å²) < 4.78 is 12.9. The first-order valence-corrected chi connectivity index (χ1v) is 9.49. The molecule has 0 amide bonds. The predicted molar refractivity (Wildman–Crippen MR) is 107 cm³/mol. The molecule has 0 radical (unpaired) electrons. The standard InChI is InChI=1S/C24H24NO3.ClH/c1-27-22-14-19-13-20(24(26)21(19)15-23(22)28-2)12-17-8-10-25(11-9-17)16-18-6-4-3-5-7-18;/h3-11,14-15,20H,12-13,16H2,1-2H3;1H/q+1;/p-1. The number of aromatic nitrogens is 1. The Morgan fingerprint density at radius 2 is 1.59 bits per heavy atom. The van der Waals surface area contributed by atoms with Gasteiger partial charge in [-0.15, -0.1) is 0 Å². The van der Waals surface area contributed by atoms with Gasteiger partial charge in [0.05, 0.1) is 14.2 Å². The molecule has 2 aromatic carbocycles. The van der Waals surface area contributed by atoms with E-state index >= 15 is 0 Å². The molecule has 0 saturated heterocycles. The van der Waals surface area contributed by atoms with Crippen LogP contribution in [0.4, 0.5) is 0 Å². The average molecular weight is 410 g/mol. The number of fused-ring (bicyclic) bond motifs is 1. The monoisotopic (exact) mass is 409 g/mol. The molecule has 1 aliphatic carbocycles. The summed E-state index contributed by atoms with van der Waals surface area (Å²) in [4.78, 5) is 12.9. The van der Waals surface area contributed by atoms with Crippen LogP contribution in [0, 0.1) is 5.92 Å². The summed E-state index contributed by atoms with van der Waals surface area (Å²) in [6, 6.07) is 18.4. The molecule has 1 aliphatic rings. The van der Waals surface area contributed by atoms with Crippen molar-refractivity contribution < 1.29 is 31.2 Å². The van der Waals surface area contributed by atoms with Crippen molar-refractivity contribution >= 4 is 5.78 Å². The van der Waals surface area contributed by atoms with Gasteiger partial charge in [0.2, 0.25) is 0 Å². The number of nitrogens with zero attached hydrogens (tertiary/aromatic N) is 1. The van der Waals surface area contributed by atoms with Crippen molar-refractivity contribution in [1.29, 1.82) is 0 Å². The molecule has 1 atom stereocenters. The molecule has 1 unspecified atom stereocenters. The first kappa shape index (κ1) is 20.9. The average Bonchev–Trinajstić information content (AvgIpc) is 3.03. The first-order valence-electron chi connectivity index (χ1n) is 9.49. The first-order chi connectivity index (χ1) is 13.7. The minimum absolute atomic E-state index is 0. The van der Waals surface area contributed by atoms with E-state index < -0.39 is 0 Å². The van der Waals surface area contributed by atoms with Crippen LogP contribution in [0.25, 0.3) is 0 Å². The molecule has 4 rings (SSSR count). The molecule has 29 heavy (non-hydrogen) atoms. The van der Waals surface area contributed by atoms with Crippen molar-refractivity contribution in [2.24, 2.45) is 5.92 Å². The zero-order valence-electron chi connectivity index (χ0n) is 16.6. The number of halogens is 1. The van der Waals surface area contributed by atoms with Crippen molar-refractivity contribution in [1.82, 2.24) is 0 Å². The molecule has 3 aromatic rings. The number of carbonyl (C=O) groups is 1.